The summed E-state index contributed by atoms with van der Waals surface area (Å²) in [6, 6.07) is 8.81. The molecule has 1 amide bonds. The summed E-state index contributed by atoms with van der Waals surface area (Å²) in [6.45, 7) is 14.5. The van der Waals surface area contributed by atoms with Crippen LogP contribution in [0.2, 0.25) is 0 Å². The van der Waals surface area contributed by atoms with E-state index in [9.17, 15) is 4.79 Å². The lowest BCUT2D eigenvalue weighted by Crippen LogP contribution is -2.46. The Hall–Kier alpha value is -1.55. The minimum atomic E-state index is 0.0719. The molecule has 0 aromatic heterocycles. The van der Waals surface area contributed by atoms with E-state index in [1.807, 2.05) is 13.8 Å². The average molecular weight is 361 g/mol. The third kappa shape index (κ3) is 6.64. The fourth-order valence-electron chi connectivity index (χ4n) is 3.20. The van der Waals surface area contributed by atoms with E-state index in [2.05, 4.69) is 55.3 Å². The maximum Gasteiger partial charge on any atom is 0.222 e. The van der Waals surface area contributed by atoms with Gasteiger partial charge < -0.3 is 15.0 Å². The Morgan fingerprint density at radius 3 is 2.35 bits per heavy atom. The number of rotatable bonds is 7. The van der Waals surface area contributed by atoms with Gasteiger partial charge in [0.1, 0.15) is 5.75 Å². The Kier molecular flexibility index (Phi) is 7.51. The zero-order chi connectivity index (χ0) is 19.2. The minimum Gasteiger partial charge on any atom is -0.494 e. The normalized spacial score (nSPS) is 16.7. The smallest absolute Gasteiger partial charge is 0.222 e. The summed E-state index contributed by atoms with van der Waals surface area (Å²) in [4.78, 5) is 14.2. The topological polar surface area (TPSA) is 41.6 Å². The maximum absolute atomic E-state index is 11.8. The van der Waals surface area contributed by atoms with Crippen molar-refractivity contribution in [3.63, 3.8) is 0 Å². The van der Waals surface area contributed by atoms with Crippen molar-refractivity contribution < 1.29 is 9.53 Å². The van der Waals surface area contributed by atoms with E-state index in [0.29, 0.717) is 6.04 Å². The number of carbonyl (C=O) groups excluding carboxylic acids is 1. The van der Waals surface area contributed by atoms with Crippen LogP contribution in [0.3, 0.4) is 0 Å². The summed E-state index contributed by atoms with van der Waals surface area (Å²) in [7, 11) is 0. The van der Waals surface area contributed by atoms with Gasteiger partial charge >= 0.3 is 0 Å². The van der Waals surface area contributed by atoms with E-state index in [1.54, 1.807) is 0 Å². The van der Waals surface area contributed by atoms with Gasteiger partial charge in [-0.1, -0.05) is 46.8 Å². The van der Waals surface area contributed by atoms with Crippen LogP contribution >= 0.6 is 0 Å². The zero-order valence-corrected chi connectivity index (χ0v) is 17.2. The molecule has 1 aliphatic rings. The van der Waals surface area contributed by atoms with Gasteiger partial charge in [-0.2, -0.15) is 0 Å². The highest BCUT2D eigenvalue weighted by Crippen LogP contribution is 2.24. The number of ether oxygens (including phenoxy) is 1. The lowest BCUT2D eigenvalue weighted by Gasteiger charge is -2.32. The monoisotopic (exact) mass is 360 g/mol. The van der Waals surface area contributed by atoms with E-state index in [0.717, 1.165) is 51.3 Å². The lowest BCUT2D eigenvalue weighted by atomic mass is 9.87. The average Bonchev–Trinajstić information content (AvgIpc) is 2.59. The molecule has 146 valence electrons. The van der Waals surface area contributed by atoms with Crippen LogP contribution in [-0.2, 0) is 10.2 Å². The van der Waals surface area contributed by atoms with Gasteiger partial charge in [-0.25, -0.2) is 0 Å². The first-order valence-electron chi connectivity index (χ1n) is 10.0. The third-order valence-electron chi connectivity index (χ3n) is 5.07. The minimum absolute atomic E-state index is 0.0719. The van der Waals surface area contributed by atoms with Crippen LogP contribution in [0.5, 0.6) is 5.75 Å². The molecule has 1 aliphatic heterocycles. The standard InChI is InChI=1S/C22H36N2O2/c1-17(2)21(25)23-19-11-14-24(15-12-19)13-6-16-26-20-9-7-18(8-10-20)22(3,4)5/h7-10,17,19H,6,11-16H2,1-5H3,(H,23,25). The van der Waals surface area contributed by atoms with Gasteiger partial charge in [0.25, 0.3) is 0 Å². The number of likely N-dealkylation sites (tertiary alicyclic amines) is 1. The second-order valence-electron chi connectivity index (χ2n) is 8.76. The molecule has 1 fully saturated rings. The molecule has 1 N–H and O–H groups in total. The number of nitrogens with zero attached hydrogens (tertiary/aromatic N) is 1. The van der Waals surface area contributed by atoms with Crippen LogP contribution in [0.15, 0.2) is 24.3 Å². The number of hydrogen-bond acceptors (Lipinski definition) is 3. The molecule has 0 aliphatic carbocycles. The van der Waals surface area contributed by atoms with Crippen molar-refractivity contribution in [2.45, 2.75) is 65.3 Å². The molecule has 0 atom stereocenters. The highest BCUT2D eigenvalue weighted by Gasteiger charge is 2.21. The van der Waals surface area contributed by atoms with Gasteiger partial charge in [0.15, 0.2) is 0 Å². The molecule has 26 heavy (non-hydrogen) atoms. The highest BCUT2D eigenvalue weighted by molar-refractivity contribution is 5.78. The van der Waals surface area contributed by atoms with Gasteiger partial charge in [-0.3, -0.25) is 4.79 Å². The quantitative estimate of drug-likeness (QED) is 0.748. The van der Waals surface area contributed by atoms with Crippen LogP contribution in [0.1, 0.15) is 59.4 Å². The van der Waals surface area contributed by atoms with Crippen molar-refractivity contribution in [2.24, 2.45) is 5.92 Å². The Labute approximate surface area is 159 Å². The number of nitrogens with one attached hydrogen (secondary N) is 1. The number of benzene rings is 1. The van der Waals surface area contributed by atoms with Gasteiger partial charge in [-0.15, -0.1) is 0 Å². The molecule has 1 heterocycles. The molecule has 0 bridgehead atoms. The summed E-state index contributed by atoms with van der Waals surface area (Å²) in [5.41, 5.74) is 1.51. The zero-order valence-electron chi connectivity index (χ0n) is 17.2. The fraction of sp³-hybridized carbons (Fsp3) is 0.682. The largest absolute Gasteiger partial charge is 0.494 e. The molecular formula is C22H36N2O2. The molecule has 0 radical (unpaired) electrons. The van der Waals surface area contributed by atoms with Gasteiger partial charge in [0.05, 0.1) is 6.61 Å². The number of carbonyl (C=O) groups is 1. The van der Waals surface area contributed by atoms with E-state index in [-0.39, 0.29) is 17.2 Å². The first-order chi connectivity index (χ1) is 12.3. The Morgan fingerprint density at radius 2 is 1.81 bits per heavy atom. The van der Waals surface area contributed by atoms with E-state index in [1.165, 1.54) is 5.56 Å². The molecule has 2 rings (SSSR count). The van der Waals surface area contributed by atoms with Gasteiger partial charge in [-0.05, 0) is 42.4 Å². The summed E-state index contributed by atoms with van der Waals surface area (Å²) < 4.78 is 5.88. The molecule has 1 aromatic rings. The summed E-state index contributed by atoms with van der Waals surface area (Å²) in [5.74, 6) is 1.20. The molecule has 4 heteroatoms. The predicted molar refractivity (Wildman–Crippen MR) is 108 cm³/mol. The number of hydrogen-bond donors (Lipinski definition) is 1. The summed E-state index contributed by atoms with van der Waals surface area (Å²) in [6.07, 6.45) is 3.13. The van der Waals surface area contributed by atoms with Crippen molar-refractivity contribution in [3.05, 3.63) is 29.8 Å². The second-order valence-corrected chi connectivity index (χ2v) is 8.76. The third-order valence-corrected chi connectivity index (χ3v) is 5.07. The Balaban J connectivity index is 1.62. The highest BCUT2D eigenvalue weighted by atomic mass is 16.5. The molecule has 0 saturated carbocycles. The number of amides is 1. The number of piperidine rings is 1. The fourth-order valence-corrected chi connectivity index (χ4v) is 3.20. The first kappa shape index (κ1) is 20.8. The molecule has 0 unspecified atom stereocenters. The molecule has 1 aromatic carbocycles. The maximum atomic E-state index is 11.8. The van der Waals surface area contributed by atoms with Crippen LogP contribution < -0.4 is 10.1 Å². The van der Waals surface area contributed by atoms with Gasteiger partial charge in [0, 0.05) is 31.6 Å². The SMILES string of the molecule is CC(C)C(=O)NC1CCN(CCCOc2ccc(C(C)(C)C)cc2)CC1. The van der Waals surface area contributed by atoms with Crippen molar-refractivity contribution in [3.8, 4) is 5.75 Å². The van der Waals surface area contributed by atoms with Crippen LogP contribution in [0, 0.1) is 5.92 Å². The molecule has 0 spiro atoms. The Bertz CT molecular complexity index is 553. The van der Waals surface area contributed by atoms with Crippen LogP contribution in [-0.4, -0.2) is 43.1 Å². The van der Waals surface area contributed by atoms with Crippen LogP contribution in [0.25, 0.3) is 0 Å². The molecular weight excluding hydrogens is 324 g/mol. The Morgan fingerprint density at radius 1 is 1.19 bits per heavy atom. The van der Waals surface area contributed by atoms with Crippen molar-refractivity contribution in [1.82, 2.24) is 10.2 Å². The molecule has 1 saturated heterocycles. The molecule has 4 nitrogen and oxygen atoms in total. The van der Waals surface area contributed by atoms with Crippen molar-refractivity contribution >= 4 is 5.91 Å². The summed E-state index contributed by atoms with van der Waals surface area (Å²) in [5, 5.41) is 3.15. The van der Waals surface area contributed by atoms with E-state index >= 15 is 0 Å². The van der Waals surface area contributed by atoms with Crippen molar-refractivity contribution in [1.29, 1.82) is 0 Å². The van der Waals surface area contributed by atoms with Crippen molar-refractivity contribution in [2.75, 3.05) is 26.2 Å². The van der Waals surface area contributed by atoms with Crippen LogP contribution in [0.4, 0.5) is 0 Å². The predicted octanol–water partition coefficient (Wildman–Crippen LogP) is 3.99. The van der Waals surface area contributed by atoms with E-state index in [4.69, 9.17) is 4.74 Å². The van der Waals surface area contributed by atoms with E-state index < -0.39 is 0 Å². The second kappa shape index (κ2) is 9.40. The lowest BCUT2D eigenvalue weighted by molar-refractivity contribution is -0.125. The first-order valence-corrected chi connectivity index (χ1v) is 10.0. The van der Waals surface area contributed by atoms with Gasteiger partial charge in [0.2, 0.25) is 5.91 Å². The summed E-state index contributed by atoms with van der Waals surface area (Å²) >= 11 is 0.